The molecular formula is C15H18BrNS. The van der Waals surface area contributed by atoms with Crippen LogP contribution >= 0.6 is 27.3 Å². The third-order valence-corrected chi connectivity index (χ3v) is 4.86. The molecule has 0 aliphatic heterocycles. The van der Waals surface area contributed by atoms with Crippen LogP contribution in [0.1, 0.15) is 28.2 Å². The lowest BCUT2D eigenvalue weighted by atomic mass is 9.95. The summed E-state index contributed by atoms with van der Waals surface area (Å²) in [6.45, 7) is 2.89. The standard InChI is InChI=1S/C15H18BrNS/c1-2-14-6-7-15(18-14)9-12(10-17)11-4-3-5-13(16)8-11/h3-8,12H,2,9-10,17H2,1H3. The molecule has 2 N–H and O–H groups in total. The minimum atomic E-state index is 0.408. The summed E-state index contributed by atoms with van der Waals surface area (Å²) in [5.74, 6) is 0.408. The van der Waals surface area contributed by atoms with E-state index >= 15 is 0 Å². The maximum atomic E-state index is 5.93. The number of rotatable bonds is 5. The third-order valence-electron chi connectivity index (χ3n) is 3.12. The molecule has 0 radical (unpaired) electrons. The highest BCUT2D eigenvalue weighted by molar-refractivity contribution is 9.10. The topological polar surface area (TPSA) is 26.0 Å². The molecule has 1 unspecified atom stereocenters. The van der Waals surface area contributed by atoms with Gasteiger partial charge in [-0.25, -0.2) is 0 Å². The van der Waals surface area contributed by atoms with Gasteiger partial charge in [0.2, 0.25) is 0 Å². The highest BCUT2D eigenvalue weighted by Crippen LogP contribution is 2.26. The summed E-state index contributed by atoms with van der Waals surface area (Å²) in [5, 5.41) is 0. The van der Waals surface area contributed by atoms with Gasteiger partial charge in [0.25, 0.3) is 0 Å². The molecule has 1 aromatic carbocycles. The van der Waals surface area contributed by atoms with E-state index < -0.39 is 0 Å². The average Bonchev–Trinajstić information content (AvgIpc) is 2.83. The van der Waals surface area contributed by atoms with Crippen LogP contribution in [0.4, 0.5) is 0 Å². The summed E-state index contributed by atoms with van der Waals surface area (Å²) in [6, 6.07) is 12.9. The minimum Gasteiger partial charge on any atom is -0.330 e. The Morgan fingerprint density at radius 1 is 1.22 bits per heavy atom. The molecule has 2 rings (SSSR count). The molecule has 0 spiro atoms. The lowest BCUT2D eigenvalue weighted by Gasteiger charge is -2.14. The van der Waals surface area contributed by atoms with E-state index in [9.17, 15) is 0 Å². The zero-order chi connectivity index (χ0) is 13.0. The Balaban J connectivity index is 2.14. The fourth-order valence-electron chi connectivity index (χ4n) is 2.06. The largest absolute Gasteiger partial charge is 0.330 e. The van der Waals surface area contributed by atoms with E-state index in [4.69, 9.17) is 5.73 Å². The van der Waals surface area contributed by atoms with Crippen LogP contribution in [-0.4, -0.2) is 6.54 Å². The number of hydrogen-bond donors (Lipinski definition) is 1. The Kier molecular flexibility index (Phi) is 4.98. The molecule has 0 fully saturated rings. The Labute approximate surface area is 121 Å². The second-order valence-electron chi connectivity index (χ2n) is 4.41. The molecule has 1 nitrogen and oxygen atoms in total. The fourth-order valence-corrected chi connectivity index (χ4v) is 3.52. The first-order valence-electron chi connectivity index (χ1n) is 6.26. The van der Waals surface area contributed by atoms with Crippen molar-refractivity contribution in [3.8, 4) is 0 Å². The third kappa shape index (κ3) is 3.44. The van der Waals surface area contributed by atoms with Crippen LogP contribution in [0.2, 0.25) is 0 Å². The smallest absolute Gasteiger partial charge is 0.0178 e. The van der Waals surface area contributed by atoms with E-state index in [1.807, 2.05) is 11.3 Å². The zero-order valence-corrected chi connectivity index (χ0v) is 12.9. The first-order chi connectivity index (χ1) is 8.72. The molecule has 3 heteroatoms. The van der Waals surface area contributed by atoms with Gasteiger partial charge in [-0.2, -0.15) is 0 Å². The van der Waals surface area contributed by atoms with Crippen molar-refractivity contribution in [1.29, 1.82) is 0 Å². The van der Waals surface area contributed by atoms with Gasteiger partial charge in [0.1, 0.15) is 0 Å². The Morgan fingerprint density at radius 3 is 2.61 bits per heavy atom. The van der Waals surface area contributed by atoms with Crippen LogP contribution in [0.15, 0.2) is 40.9 Å². The van der Waals surface area contributed by atoms with Crippen LogP contribution in [0.5, 0.6) is 0 Å². The van der Waals surface area contributed by atoms with E-state index in [1.165, 1.54) is 15.3 Å². The van der Waals surface area contributed by atoms with Crippen molar-refractivity contribution in [1.82, 2.24) is 0 Å². The predicted octanol–water partition coefficient (Wildman–Crippen LogP) is 4.36. The van der Waals surface area contributed by atoms with Gasteiger partial charge < -0.3 is 5.73 Å². The summed E-state index contributed by atoms with van der Waals surface area (Å²) < 4.78 is 1.12. The second kappa shape index (κ2) is 6.50. The number of benzene rings is 1. The summed E-state index contributed by atoms with van der Waals surface area (Å²) >= 11 is 5.43. The van der Waals surface area contributed by atoms with Gasteiger partial charge in [-0.3, -0.25) is 0 Å². The molecule has 2 aromatic rings. The monoisotopic (exact) mass is 323 g/mol. The molecule has 1 aromatic heterocycles. The molecule has 1 atom stereocenters. The molecular weight excluding hydrogens is 306 g/mol. The van der Waals surface area contributed by atoms with E-state index in [0.29, 0.717) is 12.5 Å². The summed E-state index contributed by atoms with van der Waals surface area (Å²) in [7, 11) is 0. The molecule has 96 valence electrons. The van der Waals surface area contributed by atoms with Gasteiger partial charge in [0, 0.05) is 20.1 Å². The zero-order valence-electron chi connectivity index (χ0n) is 10.5. The number of aryl methyl sites for hydroxylation is 1. The molecule has 0 bridgehead atoms. The van der Waals surface area contributed by atoms with E-state index in [1.54, 1.807) is 0 Å². The average molecular weight is 324 g/mol. The van der Waals surface area contributed by atoms with Crippen LogP contribution < -0.4 is 5.73 Å². The van der Waals surface area contributed by atoms with Gasteiger partial charge >= 0.3 is 0 Å². The van der Waals surface area contributed by atoms with E-state index in [0.717, 1.165) is 17.3 Å². The molecule has 1 heterocycles. The first kappa shape index (κ1) is 13.8. The predicted molar refractivity (Wildman–Crippen MR) is 83.3 cm³/mol. The second-order valence-corrected chi connectivity index (χ2v) is 6.58. The molecule has 18 heavy (non-hydrogen) atoms. The van der Waals surface area contributed by atoms with Gasteiger partial charge in [0.15, 0.2) is 0 Å². The Morgan fingerprint density at radius 2 is 2.00 bits per heavy atom. The van der Waals surface area contributed by atoms with Crippen LogP contribution in [0, 0.1) is 0 Å². The molecule has 0 saturated carbocycles. The number of thiophene rings is 1. The van der Waals surface area contributed by atoms with Gasteiger partial charge in [0.05, 0.1) is 0 Å². The SMILES string of the molecule is CCc1ccc(CC(CN)c2cccc(Br)c2)s1. The van der Waals surface area contributed by atoms with Crippen molar-refractivity contribution in [3.63, 3.8) is 0 Å². The Hall–Kier alpha value is -0.640. The maximum Gasteiger partial charge on any atom is 0.0178 e. The Bertz CT molecular complexity index is 507. The van der Waals surface area contributed by atoms with E-state index in [2.05, 4.69) is 59.3 Å². The lowest BCUT2D eigenvalue weighted by molar-refractivity contribution is 0.701. The van der Waals surface area contributed by atoms with E-state index in [-0.39, 0.29) is 0 Å². The van der Waals surface area contributed by atoms with Crippen LogP contribution in [-0.2, 0) is 12.8 Å². The number of halogens is 1. The van der Waals surface area contributed by atoms with Crippen molar-refractivity contribution >= 4 is 27.3 Å². The number of hydrogen-bond acceptors (Lipinski definition) is 2. The first-order valence-corrected chi connectivity index (χ1v) is 7.87. The number of nitrogens with two attached hydrogens (primary N) is 1. The van der Waals surface area contributed by atoms with Crippen molar-refractivity contribution in [2.75, 3.05) is 6.54 Å². The maximum absolute atomic E-state index is 5.93. The fraction of sp³-hybridized carbons (Fsp3) is 0.333. The van der Waals surface area contributed by atoms with Crippen molar-refractivity contribution in [2.24, 2.45) is 5.73 Å². The van der Waals surface area contributed by atoms with Crippen LogP contribution in [0.25, 0.3) is 0 Å². The summed E-state index contributed by atoms with van der Waals surface area (Å²) in [5.41, 5.74) is 7.25. The highest BCUT2D eigenvalue weighted by atomic mass is 79.9. The van der Waals surface area contributed by atoms with Gasteiger partial charge in [-0.1, -0.05) is 35.0 Å². The van der Waals surface area contributed by atoms with Gasteiger partial charge in [-0.15, -0.1) is 11.3 Å². The molecule has 0 aliphatic rings. The van der Waals surface area contributed by atoms with Crippen molar-refractivity contribution in [2.45, 2.75) is 25.7 Å². The molecule has 0 saturated heterocycles. The van der Waals surface area contributed by atoms with Crippen molar-refractivity contribution < 1.29 is 0 Å². The molecule has 0 aliphatic carbocycles. The highest BCUT2D eigenvalue weighted by Gasteiger charge is 2.12. The normalized spacial score (nSPS) is 12.6. The lowest BCUT2D eigenvalue weighted by Crippen LogP contribution is -2.14. The quantitative estimate of drug-likeness (QED) is 0.869. The van der Waals surface area contributed by atoms with Crippen molar-refractivity contribution in [3.05, 3.63) is 56.2 Å². The van der Waals surface area contributed by atoms with Gasteiger partial charge in [-0.05, 0) is 49.2 Å². The molecule has 0 amide bonds. The minimum absolute atomic E-state index is 0.408. The summed E-state index contributed by atoms with van der Waals surface area (Å²) in [6.07, 6.45) is 2.16. The van der Waals surface area contributed by atoms with Crippen LogP contribution in [0.3, 0.4) is 0 Å². The summed E-state index contributed by atoms with van der Waals surface area (Å²) in [4.78, 5) is 2.89.